The predicted octanol–water partition coefficient (Wildman–Crippen LogP) is 2.50. The molecule has 1 saturated carbocycles. The van der Waals surface area contributed by atoms with Crippen molar-refractivity contribution < 1.29 is 0 Å². The molecule has 0 atom stereocenters. The summed E-state index contributed by atoms with van der Waals surface area (Å²) in [4.78, 5) is 4.63. The van der Waals surface area contributed by atoms with Gasteiger partial charge < -0.3 is 5.32 Å². The molecule has 2 aliphatic rings. The minimum atomic E-state index is 0.434. The minimum absolute atomic E-state index is 0.434. The van der Waals surface area contributed by atoms with E-state index in [9.17, 15) is 0 Å². The molecule has 1 aromatic rings. The highest BCUT2D eigenvalue weighted by Gasteiger charge is 2.46. The van der Waals surface area contributed by atoms with Crippen LogP contribution in [0.2, 0.25) is 0 Å². The first-order valence-corrected chi connectivity index (χ1v) is 6.54. The van der Waals surface area contributed by atoms with Crippen LogP contribution in [0.5, 0.6) is 0 Å². The summed E-state index contributed by atoms with van der Waals surface area (Å²) in [6, 6.07) is 6.41. The van der Waals surface area contributed by atoms with Gasteiger partial charge in [-0.2, -0.15) is 0 Å². The summed E-state index contributed by atoms with van der Waals surface area (Å²) in [5.41, 5.74) is 1.79. The van der Waals surface area contributed by atoms with Gasteiger partial charge in [0.05, 0.1) is 0 Å². The SMILES string of the molecule is c1ccc(C2(C3CCNCC3)CCC2)nc1. The summed E-state index contributed by atoms with van der Waals surface area (Å²) in [5.74, 6) is 0.859. The number of nitrogens with one attached hydrogen (secondary N) is 1. The normalized spacial score (nSPS) is 25.0. The molecule has 16 heavy (non-hydrogen) atoms. The number of pyridine rings is 1. The maximum atomic E-state index is 4.63. The first-order chi connectivity index (χ1) is 7.92. The molecule has 0 amide bonds. The van der Waals surface area contributed by atoms with Gasteiger partial charge in [-0.15, -0.1) is 0 Å². The van der Waals surface area contributed by atoms with E-state index in [2.05, 4.69) is 22.4 Å². The van der Waals surface area contributed by atoms with E-state index in [0.29, 0.717) is 5.41 Å². The number of rotatable bonds is 2. The van der Waals surface area contributed by atoms with Crippen LogP contribution in [-0.4, -0.2) is 18.1 Å². The third-order valence-corrected chi connectivity index (χ3v) is 4.54. The zero-order valence-electron chi connectivity index (χ0n) is 9.78. The lowest BCUT2D eigenvalue weighted by atomic mass is 9.57. The second kappa shape index (κ2) is 4.17. The highest BCUT2D eigenvalue weighted by molar-refractivity contribution is 5.22. The molecule has 0 spiro atoms. The summed E-state index contributed by atoms with van der Waals surface area (Å²) in [7, 11) is 0. The van der Waals surface area contributed by atoms with Gasteiger partial charge >= 0.3 is 0 Å². The van der Waals surface area contributed by atoms with Gasteiger partial charge in [0.2, 0.25) is 0 Å². The standard InChI is InChI=1S/C14H20N2/c1-2-9-16-13(4-1)14(7-3-8-14)12-5-10-15-11-6-12/h1-2,4,9,12,15H,3,5-8,10-11H2. The fourth-order valence-corrected chi connectivity index (χ4v) is 3.46. The molecule has 1 aromatic heterocycles. The molecule has 1 aliphatic heterocycles. The summed E-state index contributed by atoms with van der Waals surface area (Å²) < 4.78 is 0. The predicted molar refractivity (Wildman–Crippen MR) is 65.4 cm³/mol. The highest BCUT2D eigenvalue weighted by atomic mass is 14.9. The Hall–Kier alpha value is -0.890. The molecule has 1 N–H and O–H groups in total. The maximum Gasteiger partial charge on any atom is 0.0468 e. The Morgan fingerprint density at radius 1 is 1.19 bits per heavy atom. The fraction of sp³-hybridized carbons (Fsp3) is 0.643. The first-order valence-electron chi connectivity index (χ1n) is 6.54. The third-order valence-electron chi connectivity index (χ3n) is 4.54. The van der Waals surface area contributed by atoms with Crippen molar-refractivity contribution in [1.82, 2.24) is 10.3 Å². The van der Waals surface area contributed by atoms with Crippen molar-refractivity contribution in [1.29, 1.82) is 0 Å². The maximum absolute atomic E-state index is 4.63. The third kappa shape index (κ3) is 1.56. The van der Waals surface area contributed by atoms with Crippen molar-refractivity contribution >= 4 is 0 Å². The molecule has 1 aliphatic carbocycles. The summed E-state index contributed by atoms with van der Waals surface area (Å²) in [6.45, 7) is 2.39. The molecule has 86 valence electrons. The van der Waals surface area contributed by atoms with Crippen LogP contribution in [0, 0.1) is 5.92 Å². The van der Waals surface area contributed by atoms with Crippen LogP contribution in [0.1, 0.15) is 37.8 Å². The fourth-order valence-electron chi connectivity index (χ4n) is 3.46. The quantitative estimate of drug-likeness (QED) is 0.821. The highest BCUT2D eigenvalue weighted by Crippen LogP contribution is 2.51. The van der Waals surface area contributed by atoms with E-state index in [0.717, 1.165) is 5.92 Å². The lowest BCUT2D eigenvalue weighted by Gasteiger charge is -2.49. The smallest absolute Gasteiger partial charge is 0.0468 e. The zero-order chi connectivity index (χ0) is 10.8. The van der Waals surface area contributed by atoms with Gasteiger partial charge in [0.25, 0.3) is 0 Å². The van der Waals surface area contributed by atoms with Crippen molar-refractivity contribution in [2.75, 3.05) is 13.1 Å². The van der Waals surface area contributed by atoms with Crippen LogP contribution in [0.3, 0.4) is 0 Å². The zero-order valence-corrected chi connectivity index (χ0v) is 9.78. The average molecular weight is 216 g/mol. The van der Waals surface area contributed by atoms with E-state index in [1.54, 1.807) is 0 Å². The number of aromatic nitrogens is 1. The topological polar surface area (TPSA) is 24.9 Å². The molecule has 2 nitrogen and oxygen atoms in total. The number of nitrogens with zero attached hydrogens (tertiary/aromatic N) is 1. The molecular formula is C14H20N2. The Labute approximate surface area is 97.5 Å². The van der Waals surface area contributed by atoms with Crippen LogP contribution >= 0.6 is 0 Å². The Balaban J connectivity index is 1.87. The van der Waals surface area contributed by atoms with E-state index in [1.165, 1.54) is 50.9 Å². The molecule has 0 aromatic carbocycles. The second-order valence-corrected chi connectivity index (χ2v) is 5.25. The van der Waals surface area contributed by atoms with Crippen LogP contribution < -0.4 is 5.32 Å². The molecule has 2 fully saturated rings. The Morgan fingerprint density at radius 2 is 2.00 bits per heavy atom. The second-order valence-electron chi connectivity index (χ2n) is 5.25. The molecule has 1 saturated heterocycles. The molecule has 0 bridgehead atoms. The van der Waals surface area contributed by atoms with Gasteiger partial charge in [-0.25, -0.2) is 0 Å². The summed E-state index contributed by atoms with van der Waals surface area (Å²) >= 11 is 0. The van der Waals surface area contributed by atoms with Crippen LogP contribution in [0.25, 0.3) is 0 Å². The minimum Gasteiger partial charge on any atom is -0.317 e. The number of piperidine rings is 1. The number of hydrogen-bond donors (Lipinski definition) is 1. The van der Waals surface area contributed by atoms with Gasteiger partial charge in [0.15, 0.2) is 0 Å². The molecule has 3 rings (SSSR count). The largest absolute Gasteiger partial charge is 0.317 e. The van der Waals surface area contributed by atoms with Gasteiger partial charge in [0.1, 0.15) is 0 Å². The molecule has 0 radical (unpaired) electrons. The number of hydrogen-bond acceptors (Lipinski definition) is 2. The summed E-state index contributed by atoms with van der Waals surface area (Å²) in [5, 5.41) is 3.47. The van der Waals surface area contributed by atoms with Gasteiger partial charge in [-0.05, 0) is 56.8 Å². The van der Waals surface area contributed by atoms with Crippen LogP contribution in [0.15, 0.2) is 24.4 Å². The van der Waals surface area contributed by atoms with Gasteiger partial charge in [-0.3, -0.25) is 4.98 Å². The Bertz CT molecular complexity index is 337. The molecule has 0 unspecified atom stereocenters. The van der Waals surface area contributed by atoms with Gasteiger partial charge in [-0.1, -0.05) is 12.5 Å². The van der Waals surface area contributed by atoms with Crippen molar-refractivity contribution in [3.63, 3.8) is 0 Å². The average Bonchev–Trinajstić information content (AvgIpc) is 2.31. The lowest BCUT2D eigenvalue weighted by molar-refractivity contribution is 0.111. The van der Waals surface area contributed by atoms with Crippen molar-refractivity contribution in [2.45, 2.75) is 37.5 Å². The van der Waals surface area contributed by atoms with Crippen molar-refractivity contribution in [2.24, 2.45) is 5.92 Å². The molecule has 2 heterocycles. The van der Waals surface area contributed by atoms with E-state index < -0.39 is 0 Å². The lowest BCUT2D eigenvalue weighted by Crippen LogP contribution is -2.46. The van der Waals surface area contributed by atoms with Crippen LogP contribution in [0.4, 0.5) is 0 Å². The molecular weight excluding hydrogens is 196 g/mol. The van der Waals surface area contributed by atoms with E-state index in [1.807, 2.05) is 12.3 Å². The first kappa shape index (κ1) is 10.3. The Morgan fingerprint density at radius 3 is 2.56 bits per heavy atom. The summed E-state index contributed by atoms with van der Waals surface area (Å²) in [6.07, 6.45) is 8.72. The van der Waals surface area contributed by atoms with Crippen LogP contribution in [-0.2, 0) is 5.41 Å². The monoisotopic (exact) mass is 216 g/mol. The van der Waals surface area contributed by atoms with E-state index in [-0.39, 0.29) is 0 Å². The van der Waals surface area contributed by atoms with Crippen molar-refractivity contribution in [3.8, 4) is 0 Å². The van der Waals surface area contributed by atoms with E-state index >= 15 is 0 Å². The van der Waals surface area contributed by atoms with E-state index in [4.69, 9.17) is 0 Å². The van der Waals surface area contributed by atoms with Gasteiger partial charge in [0, 0.05) is 17.3 Å². The molecule has 2 heteroatoms. The Kier molecular flexibility index (Phi) is 2.68. The van der Waals surface area contributed by atoms with Crippen molar-refractivity contribution in [3.05, 3.63) is 30.1 Å².